The molecule has 0 N–H and O–H groups in total. The topological polar surface area (TPSA) is 16.1 Å². The van der Waals surface area contributed by atoms with E-state index in [2.05, 4.69) is 58.1 Å². The van der Waals surface area contributed by atoms with Crippen molar-refractivity contribution in [3.8, 4) is 0 Å². The second-order valence-corrected chi connectivity index (χ2v) is 6.44. The Morgan fingerprint density at radius 2 is 1.95 bits per heavy atom. The van der Waals surface area contributed by atoms with Crippen molar-refractivity contribution >= 4 is 32.7 Å². The highest BCUT2D eigenvalue weighted by Gasteiger charge is 2.23. The van der Waals surface area contributed by atoms with Crippen LogP contribution in [0.2, 0.25) is 0 Å². The Labute approximate surface area is 135 Å². The summed E-state index contributed by atoms with van der Waals surface area (Å²) in [5.74, 6) is 1.18. The Balaban J connectivity index is 2.03. The fraction of sp³-hybridized carbons (Fsp3) is 0.500. The molecule has 0 aliphatic heterocycles. The highest BCUT2D eigenvalue weighted by atomic mass is 79.9. The number of rotatable bonds is 4. The average Bonchev–Trinajstić information content (AvgIpc) is 2.56. The van der Waals surface area contributed by atoms with Crippen molar-refractivity contribution in [2.24, 2.45) is 0 Å². The van der Waals surface area contributed by atoms with Gasteiger partial charge in [0.15, 0.2) is 0 Å². The molecule has 0 bridgehead atoms. The third-order valence-electron chi connectivity index (χ3n) is 4.55. The standard InChI is InChI=1S/C18H23BrN2/c1-2-21(16-9-4-3-5-10-16)18-15(13-19)12-14-8-6-7-11-17(14)20-18/h6-8,11-12,16H,2-5,9-10,13H2,1H3. The lowest BCUT2D eigenvalue weighted by Crippen LogP contribution is -2.37. The zero-order chi connectivity index (χ0) is 14.7. The fourth-order valence-corrected chi connectivity index (χ4v) is 3.88. The van der Waals surface area contributed by atoms with Crippen LogP contribution < -0.4 is 4.90 Å². The first kappa shape index (κ1) is 14.8. The van der Waals surface area contributed by atoms with Crippen molar-refractivity contribution in [2.45, 2.75) is 50.4 Å². The van der Waals surface area contributed by atoms with Crippen LogP contribution in [0.15, 0.2) is 30.3 Å². The van der Waals surface area contributed by atoms with E-state index in [1.807, 2.05) is 0 Å². The number of alkyl halides is 1. The minimum absolute atomic E-state index is 0.662. The Bertz CT molecular complexity index is 605. The molecule has 1 aromatic carbocycles. The highest BCUT2D eigenvalue weighted by Crippen LogP contribution is 2.31. The molecular formula is C18H23BrN2. The summed E-state index contributed by atoms with van der Waals surface area (Å²) in [6.45, 7) is 3.29. The number of anilines is 1. The van der Waals surface area contributed by atoms with E-state index < -0.39 is 0 Å². The molecule has 1 aromatic heterocycles. The molecule has 0 unspecified atom stereocenters. The van der Waals surface area contributed by atoms with Crippen molar-refractivity contribution in [1.29, 1.82) is 0 Å². The van der Waals surface area contributed by atoms with E-state index in [4.69, 9.17) is 4.98 Å². The van der Waals surface area contributed by atoms with Gasteiger partial charge in [0, 0.05) is 28.9 Å². The van der Waals surface area contributed by atoms with Crippen molar-refractivity contribution in [3.63, 3.8) is 0 Å². The van der Waals surface area contributed by atoms with E-state index in [-0.39, 0.29) is 0 Å². The maximum absolute atomic E-state index is 4.99. The van der Waals surface area contributed by atoms with Crippen LogP contribution in [0, 0.1) is 0 Å². The van der Waals surface area contributed by atoms with E-state index >= 15 is 0 Å². The van der Waals surface area contributed by atoms with Gasteiger partial charge in [-0.25, -0.2) is 4.98 Å². The molecule has 0 amide bonds. The minimum Gasteiger partial charge on any atom is -0.354 e. The molecule has 21 heavy (non-hydrogen) atoms. The molecule has 1 fully saturated rings. The molecule has 2 aromatic rings. The molecular weight excluding hydrogens is 324 g/mol. The molecule has 112 valence electrons. The normalized spacial score (nSPS) is 16.3. The van der Waals surface area contributed by atoms with E-state index in [1.54, 1.807) is 0 Å². The van der Waals surface area contributed by atoms with E-state index in [0.29, 0.717) is 6.04 Å². The first-order valence-corrected chi connectivity index (χ1v) is 9.17. The number of nitrogens with zero attached hydrogens (tertiary/aromatic N) is 2. The Morgan fingerprint density at radius 3 is 2.67 bits per heavy atom. The summed E-state index contributed by atoms with van der Waals surface area (Å²) in [6, 6.07) is 11.4. The number of hydrogen-bond donors (Lipinski definition) is 0. The molecule has 1 aliphatic rings. The molecule has 3 heteroatoms. The summed E-state index contributed by atoms with van der Waals surface area (Å²) < 4.78 is 0. The number of para-hydroxylation sites is 1. The molecule has 1 heterocycles. The maximum atomic E-state index is 4.99. The van der Waals surface area contributed by atoms with Gasteiger partial charge in [0.1, 0.15) is 5.82 Å². The van der Waals surface area contributed by atoms with Gasteiger partial charge in [-0.3, -0.25) is 0 Å². The van der Waals surface area contributed by atoms with Crippen LogP contribution in [0.25, 0.3) is 10.9 Å². The number of hydrogen-bond acceptors (Lipinski definition) is 2. The predicted octanol–water partition coefficient (Wildman–Crippen LogP) is 5.29. The van der Waals surface area contributed by atoms with Gasteiger partial charge >= 0.3 is 0 Å². The van der Waals surface area contributed by atoms with Gasteiger partial charge in [0.25, 0.3) is 0 Å². The van der Waals surface area contributed by atoms with Crippen molar-refractivity contribution in [2.75, 3.05) is 11.4 Å². The number of halogens is 1. The lowest BCUT2D eigenvalue weighted by molar-refractivity contribution is 0.416. The number of aromatic nitrogens is 1. The van der Waals surface area contributed by atoms with E-state index in [9.17, 15) is 0 Å². The van der Waals surface area contributed by atoms with Crippen LogP contribution in [0.3, 0.4) is 0 Å². The molecule has 2 nitrogen and oxygen atoms in total. The largest absolute Gasteiger partial charge is 0.354 e. The summed E-state index contributed by atoms with van der Waals surface area (Å²) in [7, 11) is 0. The van der Waals surface area contributed by atoms with Crippen LogP contribution in [-0.2, 0) is 5.33 Å². The number of benzene rings is 1. The minimum atomic E-state index is 0.662. The molecule has 0 radical (unpaired) electrons. The Morgan fingerprint density at radius 1 is 1.19 bits per heavy atom. The molecule has 1 aliphatic carbocycles. The Hall–Kier alpha value is -1.09. The second kappa shape index (κ2) is 6.78. The molecule has 0 saturated heterocycles. The summed E-state index contributed by atoms with van der Waals surface area (Å²) in [6.07, 6.45) is 6.73. The first-order valence-electron chi connectivity index (χ1n) is 8.04. The van der Waals surface area contributed by atoms with Gasteiger partial charge in [-0.1, -0.05) is 53.4 Å². The SMILES string of the molecule is CCN(c1nc2ccccc2cc1CBr)C1CCCCC1. The van der Waals surface area contributed by atoms with Crippen molar-refractivity contribution < 1.29 is 0 Å². The van der Waals surface area contributed by atoms with Gasteiger partial charge < -0.3 is 4.90 Å². The monoisotopic (exact) mass is 346 g/mol. The van der Waals surface area contributed by atoms with Crippen molar-refractivity contribution in [3.05, 3.63) is 35.9 Å². The Kier molecular flexibility index (Phi) is 4.79. The van der Waals surface area contributed by atoms with Crippen LogP contribution >= 0.6 is 15.9 Å². The van der Waals surface area contributed by atoms with Crippen LogP contribution in [0.1, 0.15) is 44.6 Å². The van der Waals surface area contributed by atoms with Crippen LogP contribution in [0.5, 0.6) is 0 Å². The smallest absolute Gasteiger partial charge is 0.133 e. The number of fused-ring (bicyclic) bond motifs is 1. The summed E-state index contributed by atoms with van der Waals surface area (Å²) >= 11 is 3.65. The van der Waals surface area contributed by atoms with Gasteiger partial charge in [-0.15, -0.1) is 0 Å². The quantitative estimate of drug-likeness (QED) is 0.699. The third-order valence-corrected chi connectivity index (χ3v) is 5.16. The van der Waals surface area contributed by atoms with E-state index in [1.165, 1.54) is 48.9 Å². The fourth-order valence-electron chi connectivity index (χ4n) is 3.47. The van der Waals surface area contributed by atoms with Gasteiger partial charge in [0.2, 0.25) is 0 Å². The lowest BCUT2D eigenvalue weighted by atomic mass is 9.94. The third kappa shape index (κ3) is 3.08. The molecule has 0 spiro atoms. The zero-order valence-corrected chi connectivity index (χ0v) is 14.3. The average molecular weight is 347 g/mol. The van der Waals surface area contributed by atoms with Crippen LogP contribution in [0.4, 0.5) is 5.82 Å². The lowest BCUT2D eigenvalue weighted by Gasteiger charge is -2.35. The van der Waals surface area contributed by atoms with E-state index in [0.717, 1.165) is 17.4 Å². The highest BCUT2D eigenvalue weighted by molar-refractivity contribution is 9.08. The van der Waals surface area contributed by atoms with Crippen molar-refractivity contribution in [1.82, 2.24) is 4.98 Å². The second-order valence-electron chi connectivity index (χ2n) is 5.88. The first-order chi connectivity index (χ1) is 10.3. The van der Waals surface area contributed by atoms with Crippen LogP contribution in [-0.4, -0.2) is 17.6 Å². The predicted molar refractivity (Wildman–Crippen MR) is 94.3 cm³/mol. The summed E-state index contributed by atoms with van der Waals surface area (Å²) in [5, 5.41) is 2.10. The summed E-state index contributed by atoms with van der Waals surface area (Å²) in [4.78, 5) is 7.52. The molecule has 1 saturated carbocycles. The van der Waals surface area contributed by atoms with Gasteiger partial charge in [-0.05, 0) is 31.9 Å². The molecule has 3 rings (SSSR count). The zero-order valence-electron chi connectivity index (χ0n) is 12.7. The number of pyridine rings is 1. The maximum Gasteiger partial charge on any atom is 0.133 e. The molecule has 0 atom stereocenters. The van der Waals surface area contributed by atoms with Gasteiger partial charge in [0.05, 0.1) is 5.52 Å². The summed E-state index contributed by atoms with van der Waals surface area (Å²) in [5.41, 5.74) is 2.41. The van der Waals surface area contributed by atoms with Gasteiger partial charge in [-0.2, -0.15) is 0 Å².